The number of anilines is 1. The van der Waals surface area contributed by atoms with Gasteiger partial charge in [-0.15, -0.1) is 0 Å². The van der Waals surface area contributed by atoms with Gasteiger partial charge in [-0.3, -0.25) is 9.48 Å². The van der Waals surface area contributed by atoms with E-state index in [1.165, 1.54) is 11.1 Å². The number of aromatic nitrogens is 2. The van der Waals surface area contributed by atoms with Gasteiger partial charge in [-0.05, 0) is 47.7 Å². The minimum Gasteiger partial charge on any atom is -0.321 e. The molecule has 1 heterocycles. The lowest BCUT2D eigenvalue weighted by atomic mass is 10.0. The molecule has 3 rings (SSSR count). The summed E-state index contributed by atoms with van der Waals surface area (Å²) in [6.07, 6.45) is 5.48. The van der Waals surface area contributed by atoms with Crippen LogP contribution in [0.1, 0.15) is 40.9 Å². The number of amides is 1. The summed E-state index contributed by atoms with van der Waals surface area (Å²) in [4.78, 5) is 12.7. The molecule has 128 valence electrons. The summed E-state index contributed by atoms with van der Waals surface area (Å²) in [6, 6.07) is 15.8. The number of carbonyl (C=O) groups excluding carboxylic acids is 1. The lowest BCUT2D eigenvalue weighted by molar-refractivity contribution is 0.102. The molecule has 4 heteroatoms. The number of para-hydroxylation sites is 1. The number of aryl methyl sites for hydroxylation is 2. The van der Waals surface area contributed by atoms with Crippen molar-refractivity contribution >= 4 is 11.6 Å². The van der Waals surface area contributed by atoms with Crippen LogP contribution in [-0.2, 0) is 19.4 Å². The minimum absolute atomic E-state index is 0.0683. The molecule has 2 aromatic carbocycles. The normalized spacial score (nSPS) is 10.6. The van der Waals surface area contributed by atoms with Crippen LogP contribution in [0, 0.1) is 0 Å². The molecular weight excluding hydrogens is 310 g/mol. The molecule has 0 aliphatic carbocycles. The van der Waals surface area contributed by atoms with Gasteiger partial charge in [-0.2, -0.15) is 5.10 Å². The van der Waals surface area contributed by atoms with E-state index < -0.39 is 0 Å². The van der Waals surface area contributed by atoms with Gasteiger partial charge in [0, 0.05) is 23.6 Å². The largest absolute Gasteiger partial charge is 0.321 e. The van der Waals surface area contributed by atoms with E-state index in [0.717, 1.165) is 24.1 Å². The first-order valence-electron chi connectivity index (χ1n) is 8.69. The first-order valence-corrected chi connectivity index (χ1v) is 8.69. The van der Waals surface area contributed by atoms with E-state index in [1.54, 1.807) is 6.20 Å². The number of hydrogen-bond donors (Lipinski definition) is 1. The maximum atomic E-state index is 12.7. The lowest BCUT2D eigenvalue weighted by Crippen LogP contribution is -2.15. The van der Waals surface area contributed by atoms with Crippen molar-refractivity contribution in [3.8, 4) is 0 Å². The minimum atomic E-state index is -0.0683. The average Bonchev–Trinajstić information content (AvgIpc) is 3.15. The Morgan fingerprint density at radius 3 is 2.24 bits per heavy atom. The fraction of sp³-hybridized carbons (Fsp3) is 0.238. The SMILES string of the molecule is CCc1cccc(CC)c1NC(=O)c1ccc(Cn2cccn2)cc1. The van der Waals surface area contributed by atoms with Crippen molar-refractivity contribution < 1.29 is 4.79 Å². The van der Waals surface area contributed by atoms with Gasteiger partial charge in [0.2, 0.25) is 0 Å². The number of nitrogens with one attached hydrogen (secondary N) is 1. The molecule has 4 nitrogen and oxygen atoms in total. The molecule has 1 amide bonds. The van der Waals surface area contributed by atoms with Crippen LogP contribution in [0.3, 0.4) is 0 Å². The fourth-order valence-electron chi connectivity index (χ4n) is 2.93. The van der Waals surface area contributed by atoms with Crippen molar-refractivity contribution in [1.29, 1.82) is 0 Å². The molecule has 0 fully saturated rings. The average molecular weight is 333 g/mol. The standard InChI is InChI=1S/C21H23N3O/c1-3-17-7-5-8-18(4-2)20(17)23-21(25)19-11-9-16(10-12-19)15-24-14-6-13-22-24/h5-14H,3-4,15H2,1-2H3,(H,23,25). The molecule has 0 saturated carbocycles. The van der Waals surface area contributed by atoms with Crippen LogP contribution in [0.25, 0.3) is 0 Å². The van der Waals surface area contributed by atoms with Crippen LogP contribution >= 0.6 is 0 Å². The summed E-state index contributed by atoms with van der Waals surface area (Å²) in [5.74, 6) is -0.0683. The highest BCUT2D eigenvalue weighted by molar-refractivity contribution is 6.05. The zero-order chi connectivity index (χ0) is 17.6. The maximum absolute atomic E-state index is 12.7. The fourth-order valence-corrected chi connectivity index (χ4v) is 2.93. The van der Waals surface area contributed by atoms with Crippen LogP contribution in [0.5, 0.6) is 0 Å². The van der Waals surface area contributed by atoms with Crippen LogP contribution in [-0.4, -0.2) is 15.7 Å². The predicted molar refractivity (Wildman–Crippen MR) is 101 cm³/mol. The van der Waals surface area contributed by atoms with E-state index in [0.29, 0.717) is 12.1 Å². The second kappa shape index (κ2) is 7.79. The predicted octanol–water partition coefficient (Wildman–Crippen LogP) is 4.31. The topological polar surface area (TPSA) is 46.9 Å². The number of nitrogens with zero attached hydrogens (tertiary/aromatic N) is 2. The quantitative estimate of drug-likeness (QED) is 0.731. The van der Waals surface area contributed by atoms with Crippen molar-refractivity contribution in [1.82, 2.24) is 9.78 Å². The lowest BCUT2D eigenvalue weighted by Gasteiger charge is -2.14. The molecule has 0 unspecified atom stereocenters. The van der Waals surface area contributed by atoms with Gasteiger partial charge < -0.3 is 5.32 Å². The van der Waals surface area contributed by atoms with E-state index in [1.807, 2.05) is 41.2 Å². The van der Waals surface area contributed by atoms with Gasteiger partial charge in [0.15, 0.2) is 0 Å². The zero-order valence-corrected chi connectivity index (χ0v) is 14.7. The molecule has 0 bridgehead atoms. The smallest absolute Gasteiger partial charge is 0.255 e. The summed E-state index contributed by atoms with van der Waals surface area (Å²) in [7, 11) is 0. The molecule has 0 spiro atoms. The molecule has 0 aliphatic rings. The van der Waals surface area contributed by atoms with Gasteiger partial charge >= 0.3 is 0 Å². The van der Waals surface area contributed by atoms with Crippen molar-refractivity contribution in [2.45, 2.75) is 33.2 Å². The highest BCUT2D eigenvalue weighted by Crippen LogP contribution is 2.23. The third-order valence-corrected chi connectivity index (χ3v) is 4.36. The van der Waals surface area contributed by atoms with Crippen molar-refractivity contribution in [3.05, 3.63) is 83.2 Å². The van der Waals surface area contributed by atoms with Crippen LogP contribution in [0.2, 0.25) is 0 Å². The van der Waals surface area contributed by atoms with Gasteiger partial charge in [0.05, 0.1) is 6.54 Å². The molecule has 3 aromatic rings. The molecule has 1 N–H and O–H groups in total. The van der Waals surface area contributed by atoms with E-state index in [2.05, 4.69) is 42.5 Å². The molecule has 1 aromatic heterocycles. The van der Waals surface area contributed by atoms with E-state index in [4.69, 9.17) is 0 Å². The number of rotatable bonds is 6. The van der Waals surface area contributed by atoms with Crippen LogP contribution < -0.4 is 5.32 Å². The van der Waals surface area contributed by atoms with E-state index in [-0.39, 0.29) is 5.91 Å². The number of benzene rings is 2. The highest BCUT2D eigenvalue weighted by atomic mass is 16.1. The van der Waals surface area contributed by atoms with Gasteiger partial charge in [0.25, 0.3) is 5.91 Å². The van der Waals surface area contributed by atoms with Crippen LogP contribution in [0.4, 0.5) is 5.69 Å². The second-order valence-electron chi connectivity index (χ2n) is 6.01. The molecule has 0 aliphatic heterocycles. The Balaban J connectivity index is 1.75. The first kappa shape index (κ1) is 17.0. The summed E-state index contributed by atoms with van der Waals surface area (Å²) in [5.41, 5.74) is 5.07. The Hall–Kier alpha value is -2.88. The zero-order valence-electron chi connectivity index (χ0n) is 14.7. The van der Waals surface area contributed by atoms with Gasteiger partial charge in [-0.1, -0.05) is 44.2 Å². The highest BCUT2D eigenvalue weighted by Gasteiger charge is 2.11. The monoisotopic (exact) mass is 333 g/mol. The number of hydrogen-bond acceptors (Lipinski definition) is 2. The van der Waals surface area contributed by atoms with Crippen molar-refractivity contribution in [2.24, 2.45) is 0 Å². The molecule has 0 radical (unpaired) electrons. The second-order valence-corrected chi connectivity index (χ2v) is 6.01. The Labute approximate surface area is 148 Å². The van der Waals surface area contributed by atoms with Crippen molar-refractivity contribution in [2.75, 3.05) is 5.32 Å². The van der Waals surface area contributed by atoms with E-state index in [9.17, 15) is 4.79 Å². The Morgan fingerprint density at radius 2 is 1.68 bits per heavy atom. The maximum Gasteiger partial charge on any atom is 0.255 e. The number of carbonyl (C=O) groups is 1. The van der Waals surface area contributed by atoms with Gasteiger partial charge in [-0.25, -0.2) is 0 Å². The van der Waals surface area contributed by atoms with Gasteiger partial charge in [0.1, 0.15) is 0 Å². The third-order valence-electron chi connectivity index (χ3n) is 4.36. The Morgan fingerprint density at radius 1 is 1.00 bits per heavy atom. The van der Waals surface area contributed by atoms with Crippen molar-refractivity contribution in [3.63, 3.8) is 0 Å². The van der Waals surface area contributed by atoms with Crippen LogP contribution in [0.15, 0.2) is 60.9 Å². The third kappa shape index (κ3) is 3.97. The summed E-state index contributed by atoms with van der Waals surface area (Å²) in [5, 5.41) is 7.31. The molecular formula is C21H23N3O. The Kier molecular flexibility index (Phi) is 5.29. The summed E-state index contributed by atoms with van der Waals surface area (Å²) >= 11 is 0. The first-order chi connectivity index (χ1) is 12.2. The van der Waals surface area contributed by atoms with E-state index >= 15 is 0 Å². The molecule has 25 heavy (non-hydrogen) atoms. The Bertz CT molecular complexity index is 814. The summed E-state index contributed by atoms with van der Waals surface area (Å²) in [6.45, 7) is 4.91. The molecule has 0 saturated heterocycles. The summed E-state index contributed by atoms with van der Waals surface area (Å²) < 4.78 is 1.86. The molecule has 0 atom stereocenters.